The molecule has 1 N–H and O–H groups in total. The van der Waals surface area contributed by atoms with Crippen LogP contribution in [-0.2, 0) is 4.79 Å². The van der Waals surface area contributed by atoms with Crippen molar-refractivity contribution in [2.75, 3.05) is 7.11 Å². The Balaban J connectivity index is 1.66. The molecule has 3 aromatic rings. The van der Waals surface area contributed by atoms with E-state index in [-0.39, 0.29) is 11.2 Å². The second-order valence-electron chi connectivity index (χ2n) is 5.73. The van der Waals surface area contributed by atoms with Gasteiger partial charge in [-0.05, 0) is 37.3 Å². The van der Waals surface area contributed by atoms with Gasteiger partial charge in [-0.25, -0.2) is 10.4 Å². The number of benzene rings is 2. The first-order valence-electron chi connectivity index (χ1n) is 8.26. The van der Waals surface area contributed by atoms with E-state index < -0.39 is 0 Å². The van der Waals surface area contributed by atoms with E-state index in [0.717, 1.165) is 15.8 Å². The van der Waals surface area contributed by atoms with Crippen LogP contribution in [0.2, 0.25) is 5.15 Å². The molecule has 27 heavy (non-hydrogen) atoms. The number of thioether (sulfide) groups is 1. The lowest BCUT2D eigenvalue weighted by atomic mass is 10.1. The van der Waals surface area contributed by atoms with Gasteiger partial charge in [-0.3, -0.25) is 4.79 Å². The van der Waals surface area contributed by atoms with Gasteiger partial charge in [0.05, 0.1) is 24.1 Å². The van der Waals surface area contributed by atoms with E-state index >= 15 is 0 Å². The molecule has 5 nitrogen and oxygen atoms in total. The van der Waals surface area contributed by atoms with Gasteiger partial charge in [-0.15, -0.1) is 11.8 Å². The second kappa shape index (κ2) is 8.88. The fourth-order valence-electron chi connectivity index (χ4n) is 2.37. The van der Waals surface area contributed by atoms with Gasteiger partial charge < -0.3 is 4.74 Å². The summed E-state index contributed by atoms with van der Waals surface area (Å²) >= 11 is 7.69. The smallest absolute Gasteiger partial charge is 0.253 e. The van der Waals surface area contributed by atoms with Crippen LogP contribution in [0.1, 0.15) is 12.5 Å². The molecule has 138 valence electrons. The van der Waals surface area contributed by atoms with Crippen LogP contribution >= 0.6 is 23.4 Å². The number of hydrazone groups is 1. The van der Waals surface area contributed by atoms with E-state index in [2.05, 4.69) is 15.5 Å². The van der Waals surface area contributed by atoms with Crippen molar-refractivity contribution in [1.29, 1.82) is 0 Å². The van der Waals surface area contributed by atoms with Crippen LogP contribution in [0, 0.1) is 0 Å². The number of ether oxygens (including phenoxy) is 1. The Morgan fingerprint density at radius 1 is 1.26 bits per heavy atom. The maximum Gasteiger partial charge on any atom is 0.253 e. The summed E-state index contributed by atoms with van der Waals surface area (Å²) in [5.74, 6) is 0.527. The molecule has 1 heterocycles. The van der Waals surface area contributed by atoms with Crippen molar-refractivity contribution in [2.45, 2.75) is 17.1 Å². The number of methoxy groups -OCH3 is 1. The van der Waals surface area contributed by atoms with E-state index in [1.165, 1.54) is 18.0 Å². The molecule has 7 heteroatoms. The average molecular weight is 400 g/mol. The minimum atomic E-state index is -0.276. The van der Waals surface area contributed by atoms with Crippen molar-refractivity contribution < 1.29 is 9.53 Å². The molecule has 0 aliphatic heterocycles. The Morgan fingerprint density at radius 2 is 2.04 bits per heavy atom. The largest absolute Gasteiger partial charge is 0.497 e. The van der Waals surface area contributed by atoms with Crippen molar-refractivity contribution in [3.63, 3.8) is 0 Å². The van der Waals surface area contributed by atoms with Crippen molar-refractivity contribution in [2.24, 2.45) is 5.10 Å². The minimum absolute atomic E-state index is 0.185. The van der Waals surface area contributed by atoms with Gasteiger partial charge in [0.25, 0.3) is 5.91 Å². The highest BCUT2D eigenvalue weighted by atomic mass is 35.5. The fourth-order valence-corrected chi connectivity index (χ4v) is 3.45. The van der Waals surface area contributed by atoms with Crippen LogP contribution in [0.25, 0.3) is 10.9 Å². The summed E-state index contributed by atoms with van der Waals surface area (Å²) in [6.07, 6.45) is 1.50. The summed E-state index contributed by atoms with van der Waals surface area (Å²) in [4.78, 5) is 17.6. The molecule has 0 saturated heterocycles. The molecule has 0 unspecified atom stereocenters. The van der Waals surface area contributed by atoms with Gasteiger partial charge in [0.15, 0.2) is 0 Å². The minimum Gasteiger partial charge on any atom is -0.497 e. The fraction of sp³-hybridized carbons (Fsp3) is 0.150. The number of carbonyl (C=O) groups is 1. The molecular formula is C20H18ClN3O2S. The third-order valence-electron chi connectivity index (χ3n) is 3.81. The average Bonchev–Trinajstić information content (AvgIpc) is 2.68. The molecule has 3 rings (SSSR count). The van der Waals surface area contributed by atoms with Gasteiger partial charge in [0, 0.05) is 21.9 Å². The number of amides is 1. The number of hydrogen-bond donors (Lipinski definition) is 1. The monoisotopic (exact) mass is 399 g/mol. The summed E-state index contributed by atoms with van der Waals surface area (Å²) in [6, 6.07) is 17.2. The lowest BCUT2D eigenvalue weighted by molar-refractivity contribution is -0.120. The van der Waals surface area contributed by atoms with Crippen molar-refractivity contribution in [1.82, 2.24) is 10.4 Å². The maximum absolute atomic E-state index is 12.2. The summed E-state index contributed by atoms with van der Waals surface area (Å²) in [5.41, 5.74) is 3.90. The van der Waals surface area contributed by atoms with Crippen LogP contribution in [0.5, 0.6) is 5.75 Å². The van der Waals surface area contributed by atoms with E-state index in [0.29, 0.717) is 16.5 Å². The predicted octanol–water partition coefficient (Wildman–Crippen LogP) is 4.53. The van der Waals surface area contributed by atoms with E-state index in [4.69, 9.17) is 16.3 Å². The Labute approximate surface area is 166 Å². The molecule has 1 atom stereocenters. The number of pyridine rings is 1. The Kier molecular flexibility index (Phi) is 6.32. The number of rotatable bonds is 6. The molecule has 1 aromatic heterocycles. The summed E-state index contributed by atoms with van der Waals surface area (Å²) < 4.78 is 5.19. The number of aromatic nitrogens is 1. The standard InChI is InChI=1S/C20H18ClN3O2S/c1-13(27-17-6-4-3-5-7-17)20(25)24-22-12-15-10-14-8-9-16(26-2)11-18(14)23-19(15)21/h3-13H,1-2H3,(H,24,25)/b22-12-/t13-/m1/s1. The Hall–Kier alpha value is -2.57. The summed E-state index contributed by atoms with van der Waals surface area (Å²) in [6.45, 7) is 1.83. The molecule has 0 saturated carbocycles. The number of carbonyl (C=O) groups excluding carboxylic acids is 1. The van der Waals surface area contributed by atoms with E-state index in [1.807, 2.05) is 61.5 Å². The van der Waals surface area contributed by atoms with Gasteiger partial charge in [-0.2, -0.15) is 5.10 Å². The highest BCUT2D eigenvalue weighted by molar-refractivity contribution is 8.00. The van der Waals surface area contributed by atoms with Crippen molar-refractivity contribution in [3.8, 4) is 5.75 Å². The van der Waals surface area contributed by atoms with Gasteiger partial charge >= 0.3 is 0 Å². The number of halogens is 1. The first-order chi connectivity index (χ1) is 13.1. The molecule has 1 amide bonds. The summed E-state index contributed by atoms with van der Waals surface area (Å²) in [7, 11) is 1.60. The zero-order valence-corrected chi connectivity index (χ0v) is 16.4. The van der Waals surface area contributed by atoms with E-state index in [1.54, 1.807) is 7.11 Å². The van der Waals surface area contributed by atoms with Crippen LogP contribution in [0.4, 0.5) is 0 Å². The first kappa shape index (κ1) is 19.2. The molecule has 0 radical (unpaired) electrons. The number of nitrogens with one attached hydrogen (secondary N) is 1. The van der Waals surface area contributed by atoms with Crippen molar-refractivity contribution in [3.05, 3.63) is 65.3 Å². The zero-order valence-electron chi connectivity index (χ0n) is 14.8. The van der Waals surface area contributed by atoms with Crippen LogP contribution in [0.3, 0.4) is 0 Å². The van der Waals surface area contributed by atoms with Gasteiger partial charge in [0.1, 0.15) is 10.9 Å². The zero-order chi connectivity index (χ0) is 19.2. The number of fused-ring (bicyclic) bond motifs is 1. The number of nitrogens with zero attached hydrogens (tertiary/aromatic N) is 2. The second-order valence-corrected chi connectivity index (χ2v) is 7.51. The molecule has 0 aliphatic rings. The predicted molar refractivity (Wildman–Crippen MR) is 111 cm³/mol. The lowest BCUT2D eigenvalue weighted by Crippen LogP contribution is -2.26. The highest BCUT2D eigenvalue weighted by Crippen LogP contribution is 2.24. The van der Waals surface area contributed by atoms with Crippen LogP contribution in [0.15, 0.2) is 64.6 Å². The molecule has 0 spiro atoms. The van der Waals surface area contributed by atoms with Crippen LogP contribution in [-0.4, -0.2) is 29.5 Å². The normalized spacial score (nSPS) is 12.3. The number of hydrogen-bond acceptors (Lipinski definition) is 5. The third-order valence-corrected chi connectivity index (χ3v) is 5.22. The van der Waals surface area contributed by atoms with Crippen molar-refractivity contribution >= 4 is 46.4 Å². The Bertz CT molecular complexity index is 980. The maximum atomic E-state index is 12.2. The van der Waals surface area contributed by atoms with Gasteiger partial charge in [-0.1, -0.05) is 29.8 Å². The topological polar surface area (TPSA) is 63.6 Å². The first-order valence-corrected chi connectivity index (χ1v) is 9.51. The molecule has 0 aliphatic carbocycles. The molecule has 2 aromatic carbocycles. The van der Waals surface area contributed by atoms with Crippen LogP contribution < -0.4 is 10.2 Å². The Morgan fingerprint density at radius 3 is 2.78 bits per heavy atom. The molecule has 0 fully saturated rings. The summed E-state index contributed by atoms with van der Waals surface area (Å²) in [5, 5.41) is 4.95. The van der Waals surface area contributed by atoms with Gasteiger partial charge in [0.2, 0.25) is 0 Å². The quantitative estimate of drug-likeness (QED) is 0.286. The lowest BCUT2D eigenvalue weighted by Gasteiger charge is -2.09. The van der Waals surface area contributed by atoms with E-state index in [9.17, 15) is 4.79 Å². The molecular weight excluding hydrogens is 382 g/mol. The molecule has 0 bridgehead atoms. The SMILES string of the molecule is COc1ccc2cc(/C=N\NC(=O)[C@@H](C)Sc3ccccc3)c(Cl)nc2c1. The highest BCUT2D eigenvalue weighted by Gasteiger charge is 2.13. The third kappa shape index (κ3) is 4.99.